The van der Waals surface area contributed by atoms with Crippen molar-refractivity contribution in [1.82, 2.24) is 15.1 Å². The molecule has 2 aliphatic heterocycles. The number of aliphatic hydroxyl groups is 1. The van der Waals surface area contributed by atoms with Crippen LogP contribution in [0.3, 0.4) is 0 Å². The Hall–Kier alpha value is -4.03. The highest BCUT2D eigenvalue weighted by Gasteiger charge is 2.47. The average Bonchev–Trinajstić information content (AvgIpc) is 3.88. The number of benzene rings is 3. The van der Waals surface area contributed by atoms with Gasteiger partial charge in [-0.05, 0) is 59.6 Å². The minimum Gasteiger partial charge on any atom is -0.392 e. The molecule has 5 atom stereocenters. The number of halogens is 3. The molecule has 3 aromatic carbocycles. The Morgan fingerprint density at radius 1 is 0.942 bits per heavy atom. The number of nitrogens with one attached hydrogen (secondary N) is 1. The van der Waals surface area contributed by atoms with E-state index in [2.05, 4.69) is 23.7 Å². The van der Waals surface area contributed by atoms with Gasteiger partial charge in [-0.1, -0.05) is 92.6 Å². The molecule has 0 unspecified atom stereocenters. The second kappa shape index (κ2) is 16.8. The average molecular weight is 720 g/mol. The zero-order valence-corrected chi connectivity index (χ0v) is 29.6. The normalized spacial score (nSPS) is 24.0. The van der Waals surface area contributed by atoms with Crippen molar-refractivity contribution in [2.75, 3.05) is 19.6 Å². The molecule has 1 aliphatic carbocycles. The Balaban J connectivity index is 1.16. The second-order valence-electron chi connectivity index (χ2n) is 14.2. The molecule has 0 aromatic heterocycles. The van der Waals surface area contributed by atoms with Crippen molar-refractivity contribution in [3.63, 3.8) is 0 Å². The highest BCUT2D eigenvalue weighted by atomic mass is 19.4. The fourth-order valence-corrected chi connectivity index (χ4v) is 7.81. The van der Waals surface area contributed by atoms with Crippen LogP contribution in [-0.4, -0.2) is 70.7 Å². The molecule has 3 aliphatic rings. The standard InChI is InChI=1S/C41H48F3N3O5/c1-3-21-46(34-10-4-5-11-34)25-36-27(2)37(31-15-13-28(26-48)14-16-31)52-39(51-36)32-19-17-30(18-20-32)33-9-6-8-29(23-33)24-45-38(49)35-12-7-22-47(35)40(50)41(42,43)44/h3,6,8-9,13-20,23,27,34-37,39,48H,1,4-5,7,10-12,21-22,24-26H2,2H3,(H,45,49)/t27-,35+,36+,37+,39+/m1/s1. The molecular weight excluding hydrogens is 671 g/mol. The molecular formula is C41H48F3N3O5. The zero-order valence-electron chi connectivity index (χ0n) is 29.6. The zero-order chi connectivity index (χ0) is 36.8. The van der Waals surface area contributed by atoms with Crippen molar-refractivity contribution in [3.8, 4) is 11.1 Å². The third-order valence-corrected chi connectivity index (χ3v) is 10.7. The number of amides is 2. The summed E-state index contributed by atoms with van der Waals surface area (Å²) >= 11 is 0. The van der Waals surface area contributed by atoms with Crippen molar-refractivity contribution in [2.45, 2.75) is 95.4 Å². The Kier molecular flexibility index (Phi) is 12.2. The summed E-state index contributed by atoms with van der Waals surface area (Å²) in [5, 5.41) is 12.3. The summed E-state index contributed by atoms with van der Waals surface area (Å²) in [5.74, 6) is -2.51. The summed E-state index contributed by atoms with van der Waals surface area (Å²) in [6, 6.07) is 22.9. The van der Waals surface area contributed by atoms with Crippen LogP contribution in [0.25, 0.3) is 11.1 Å². The SMILES string of the molecule is C=CCN(C[C@@H]1O[C@H](c2ccc(-c3cccc(CNC(=O)[C@@H]4CCCN4C(=O)C(F)(F)F)c3)cc2)O[C@H](c2ccc(CO)cc2)[C@@H]1C)C1CCCC1. The van der Waals surface area contributed by atoms with E-state index in [1.165, 1.54) is 25.7 Å². The monoisotopic (exact) mass is 719 g/mol. The number of likely N-dealkylation sites (tertiary alicyclic amines) is 1. The molecule has 278 valence electrons. The largest absolute Gasteiger partial charge is 0.471 e. The molecule has 11 heteroatoms. The number of aliphatic hydroxyl groups excluding tert-OH is 1. The van der Waals surface area contributed by atoms with Crippen LogP contribution in [0, 0.1) is 5.92 Å². The third-order valence-electron chi connectivity index (χ3n) is 10.7. The Morgan fingerprint density at radius 3 is 2.33 bits per heavy atom. The van der Waals surface area contributed by atoms with Gasteiger partial charge in [-0.25, -0.2) is 0 Å². The van der Waals surface area contributed by atoms with E-state index < -0.39 is 30.3 Å². The van der Waals surface area contributed by atoms with Crippen LogP contribution in [0.5, 0.6) is 0 Å². The maximum absolute atomic E-state index is 13.0. The summed E-state index contributed by atoms with van der Waals surface area (Å²) in [4.78, 5) is 27.8. The smallest absolute Gasteiger partial charge is 0.392 e. The van der Waals surface area contributed by atoms with Crippen LogP contribution >= 0.6 is 0 Å². The van der Waals surface area contributed by atoms with Gasteiger partial charge in [0.05, 0.1) is 18.8 Å². The molecule has 0 spiro atoms. The lowest BCUT2D eigenvalue weighted by Gasteiger charge is -2.43. The lowest BCUT2D eigenvalue weighted by atomic mass is 9.89. The first-order valence-corrected chi connectivity index (χ1v) is 18.3. The minimum absolute atomic E-state index is 0.0236. The number of hydrogen-bond acceptors (Lipinski definition) is 6. The van der Waals surface area contributed by atoms with E-state index in [9.17, 15) is 27.9 Å². The quantitative estimate of drug-likeness (QED) is 0.192. The van der Waals surface area contributed by atoms with Crippen molar-refractivity contribution in [2.24, 2.45) is 5.92 Å². The number of alkyl halides is 3. The number of ether oxygens (including phenoxy) is 2. The number of rotatable bonds is 12. The van der Waals surface area contributed by atoms with E-state index in [0.717, 1.165) is 46.5 Å². The highest BCUT2D eigenvalue weighted by Crippen LogP contribution is 2.42. The molecule has 0 bridgehead atoms. The Morgan fingerprint density at radius 2 is 1.65 bits per heavy atom. The van der Waals surface area contributed by atoms with Crippen molar-refractivity contribution >= 4 is 11.8 Å². The Labute approximate surface area is 303 Å². The van der Waals surface area contributed by atoms with E-state index >= 15 is 0 Å². The molecule has 3 aromatic rings. The van der Waals surface area contributed by atoms with Gasteiger partial charge in [0.1, 0.15) is 6.04 Å². The first kappa shape index (κ1) is 37.7. The lowest BCUT2D eigenvalue weighted by molar-refractivity contribution is -0.276. The highest BCUT2D eigenvalue weighted by molar-refractivity contribution is 5.90. The molecule has 8 nitrogen and oxygen atoms in total. The summed E-state index contributed by atoms with van der Waals surface area (Å²) in [6.45, 7) is 7.76. The summed E-state index contributed by atoms with van der Waals surface area (Å²) in [5.41, 5.74) is 5.38. The van der Waals surface area contributed by atoms with E-state index in [1.807, 2.05) is 78.9 Å². The first-order valence-electron chi connectivity index (χ1n) is 18.3. The van der Waals surface area contributed by atoms with Crippen molar-refractivity contribution in [3.05, 3.63) is 108 Å². The van der Waals surface area contributed by atoms with E-state index in [0.29, 0.717) is 17.4 Å². The molecule has 2 N–H and O–H groups in total. The molecule has 0 radical (unpaired) electrons. The number of nitrogens with zero attached hydrogens (tertiary/aromatic N) is 2. The number of carbonyl (C=O) groups is 2. The summed E-state index contributed by atoms with van der Waals surface area (Å²) in [7, 11) is 0. The van der Waals surface area contributed by atoms with Gasteiger partial charge in [-0.2, -0.15) is 13.2 Å². The summed E-state index contributed by atoms with van der Waals surface area (Å²) in [6.07, 6.45) is 1.39. The van der Waals surface area contributed by atoms with E-state index in [-0.39, 0.29) is 44.2 Å². The number of carbonyl (C=O) groups excluding carboxylic acids is 2. The first-order chi connectivity index (χ1) is 25.0. The number of hydrogen-bond donors (Lipinski definition) is 2. The molecule has 1 saturated carbocycles. The van der Waals surface area contributed by atoms with Crippen LogP contribution < -0.4 is 5.32 Å². The molecule has 2 saturated heterocycles. The van der Waals surface area contributed by atoms with Gasteiger partial charge in [-0.15, -0.1) is 6.58 Å². The van der Waals surface area contributed by atoms with E-state index in [1.54, 1.807) is 0 Å². The van der Waals surface area contributed by atoms with E-state index in [4.69, 9.17) is 9.47 Å². The van der Waals surface area contributed by atoms with Crippen LogP contribution in [0.2, 0.25) is 0 Å². The minimum atomic E-state index is -5.02. The van der Waals surface area contributed by atoms with Crippen molar-refractivity contribution in [1.29, 1.82) is 0 Å². The molecule has 2 heterocycles. The molecule has 3 fully saturated rings. The fraction of sp³-hybridized carbons (Fsp3) is 0.463. The van der Waals surface area contributed by atoms with Gasteiger partial charge in [0.15, 0.2) is 6.29 Å². The molecule has 2 amide bonds. The van der Waals surface area contributed by atoms with Crippen LogP contribution in [0.1, 0.15) is 80.1 Å². The van der Waals surface area contributed by atoms with Gasteiger partial charge < -0.3 is 24.8 Å². The summed E-state index contributed by atoms with van der Waals surface area (Å²) < 4.78 is 52.6. The maximum atomic E-state index is 13.0. The predicted octanol–water partition coefficient (Wildman–Crippen LogP) is 7.24. The van der Waals surface area contributed by atoms with Gasteiger partial charge in [-0.3, -0.25) is 14.5 Å². The predicted molar refractivity (Wildman–Crippen MR) is 192 cm³/mol. The van der Waals surface area contributed by atoms with Gasteiger partial charge in [0.2, 0.25) is 5.91 Å². The van der Waals surface area contributed by atoms with Crippen LogP contribution in [0.4, 0.5) is 13.2 Å². The third kappa shape index (κ3) is 8.77. The maximum Gasteiger partial charge on any atom is 0.471 e. The van der Waals surface area contributed by atoms with Crippen LogP contribution in [-0.2, 0) is 32.2 Å². The second-order valence-corrected chi connectivity index (χ2v) is 14.2. The van der Waals surface area contributed by atoms with Gasteiger partial charge in [0.25, 0.3) is 0 Å². The topological polar surface area (TPSA) is 91.3 Å². The lowest BCUT2D eigenvalue weighted by Crippen LogP contribution is -2.50. The van der Waals surface area contributed by atoms with Gasteiger partial charge in [0, 0.05) is 43.7 Å². The van der Waals surface area contributed by atoms with Gasteiger partial charge >= 0.3 is 12.1 Å². The molecule has 6 rings (SSSR count). The van der Waals surface area contributed by atoms with Crippen LogP contribution in [0.15, 0.2) is 85.5 Å². The molecule has 52 heavy (non-hydrogen) atoms. The Bertz CT molecular complexity index is 1680. The fourth-order valence-electron chi connectivity index (χ4n) is 7.81. The van der Waals surface area contributed by atoms with Crippen molar-refractivity contribution < 1.29 is 37.3 Å².